The van der Waals surface area contributed by atoms with Crippen molar-refractivity contribution in [1.82, 2.24) is 9.80 Å². The van der Waals surface area contributed by atoms with E-state index in [0.29, 0.717) is 17.9 Å². The van der Waals surface area contributed by atoms with Crippen molar-refractivity contribution in [2.24, 2.45) is 5.92 Å². The van der Waals surface area contributed by atoms with Crippen LogP contribution in [0.4, 0.5) is 0 Å². The van der Waals surface area contributed by atoms with Crippen LogP contribution in [0.5, 0.6) is 0 Å². The molecule has 1 aromatic carbocycles. The van der Waals surface area contributed by atoms with Gasteiger partial charge in [-0.3, -0.25) is 4.79 Å². The molecule has 3 heterocycles. The minimum Gasteiger partial charge on any atom is -0.340 e. The van der Waals surface area contributed by atoms with Gasteiger partial charge in [0.25, 0.3) is 0 Å². The summed E-state index contributed by atoms with van der Waals surface area (Å²) in [6, 6.07) is 8.43. The molecule has 4 fully saturated rings. The number of likely N-dealkylation sites (N-methyl/N-ethyl adjacent to an activating group) is 1. The van der Waals surface area contributed by atoms with Gasteiger partial charge in [0, 0.05) is 30.7 Å². The minimum atomic E-state index is -0.257. The molecular formula is C18H23ClN2O. The summed E-state index contributed by atoms with van der Waals surface area (Å²) in [7, 11) is 2.21. The lowest BCUT2D eigenvalue weighted by Crippen LogP contribution is -2.44. The van der Waals surface area contributed by atoms with Gasteiger partial charge in [-0.2, -0.15) is 0 Å². The Bertz CT molecular complexity index is 581. The van der Waals surface area contributed by atoms with E-state index in [1.54, 1.807) is 0 Å². The van der Waals surface area contributed by atoms with E-state index in [0.717, 1.165) is 43.1 Å². The molecule has 2 unspecified atom stereocenters. The maximum Gasteiger partial charge on any atom is 0.233 e. The predicted octanol–water partition coefficient (Wildman–Crippen LogP) is 2.92. The molecule has 2 bridgehead atoms. The van der Waals surface area contributed by atoms with Gasteiger partial charge in [0.15, 0.2) is 0 Å². The highest BCUT2D eigenvalue weighted by atomic mass is 35.5. The van der Waals surface area contributed by atoms with Crippen LogP contribution < -0.4 is 0 Å². The largest absolute Gasteiger partial charge is 0.340 e. The van der Waals surface area contributed by atoms with E-state index in [1.807, 2.05) is 24.3 Å². The fraction of sp³-hybridized carbons (Fsp3) is 0.611. The maximum absolute atomic E-state index is 13.2. The lowest BCUT2D eigenvalue weighted by Gasteiger charge is -2.32. The third-order valence-electron chi connectivity index (χ3n) is 5.83. The highest BCUT2D eigenvalue weighted by Gasteiger charge is 2.54. The van der Waals surface area contributed by atoms with Crippen molar-refractivity contribution in [2.75, 3.05) is 26.7 Å². The zero-order valence-electron chi connectivity index (χ0n) is 13.1. The molecule has 0 N–H and O–H groups in total. The summed E-state index contributed by atoms with van der Waals surface area (Å²) in [6.07, 6.45) is 4.47. The predicted molar refractivity (Wildman–Crippen MR) is 88.1 cm³/mol. The van der Waals surface area contributed by atoms with Crippen molar-refractivity contribution >= 4 is 17.5 Å². The minimum absolute atomic E-state index is 0.257. The number of hydrogen-bond acceptors (Lipinski definition) is 2. The molecule has 5 rings (SSSR count). The van der Waals surface area contributed by atoms with Crippen molar-refractivity contribution in [1.29, 1.82) is 0 Å². The first kappa shape index (κ1) is 14.5. The van der Waals surface area contributed by atoms with E-state index in [-0.39, 0.29) is 5.41 Å². The van der Waals surface area contributed by atoms with Gasteiger partial charge in [-0.15, -0.1) is 0 Å². The van der Waals surface area contributed by atoms with Gasteiger partial charge >= 0.3 is 0 Å². The molecule has 4 aliphatic rings. The number of hydrogen-bond donors (Lipinski definition) is 0. The topological polar surface area (TPSA) is 23.6 Å². The fourth-order valence-electron chi connectivity index (χ4n) is 4.30. The molecule has 2 atom stereocenters. The van der Waals surface area contributed by atoms with Gasteiger partial charge in [0.1, 0.15) is 0 Å². The lowest BCUT2D eigenvalue weighted by atomic mass is 9.94. The Morgan fingerprint density at radius 3 is 2.50 bits per heavy atom. The SMILES string of the molecule is CN1CC2CCC1CN(C(=O)C1(c3ccc(Cl)cc3)CC1)C2. The summed E-state index contributed by atoms with van der Waals surface area (Å²) >= 11 is 5.99. The number of halogens is 1. The van der Waals surface area contributed by atoms with Gasteiger partial charge in [-0.1, -0.05) is 23.7 Å². The van der Waals surface area contributed by atoms with Crippen LogP contribution in [-0.2, 0) is 10.2 Å². The van der Waals surface area contributed by atoms with E-state index >= 15 is 0 Å². The first-order valence-electron chi connectivity index (χ1n) is 8.34. The standard InChI is InChI=1S/C18H23ClN2O/c1-20-10-13-2-7-16(20)12-21(11-13)17(22)18(8-9-18)14-3-5-15(19)6-4-14/h3-6,13,16H,2,7-12H2,1H3. The van der Waals surface area contributed by atoms with Crippen molar-refractivity contribution in [2.45, 2.75) is 37.1 Å². The highest BCUT2D eigenvalue weighted by molar-refractivity contribution is 6.30. The highest BCUT2D eigenvalue weighted by Crippen LogP contribution is 2.50. The van der Waals surface area contributed by atoms with Crippen LogP contribution in [-0.4, -0.2) is 48.4 Å². The Labute approximate surface area is 137 Å². The Morgan fingerprint density at radius 1 is 1.14 bits per heavy atom. The summed E-state index contributed by atoms with van der Waals surface area (Å²) in [4.78, 5) is 17.8. The summed E-state index contributed by atoms with van der Waals surface area (Å²) in [5.41, 5.74) is 0.888. The molecule has 3 aliphatic heterocycles. The zero-order chi connectivity index (χ0) is 15.3. The van der Waals surface area contributed by atoms with Crippen molar-refractivity contribution in [3.05, 3.63) is 34.9 Å². The number of benzene rings is 1. The van der Waals surface area contributed by atoms with Crippen LogP contribution in [0.2, 0.25) is 5.02 Å². The molecule has 0 aromatic heterocycles. The number of fused-ring (bicyclic) bond motifs is 4. The molecule has 3 saturated heterocycles. The van der Waals surface area contributed by atoms with Crippen LogP contribution >= 0.6 is 11.6 Å². The van der Waals surface area contributed by atoms with Crippen LogP contribution in [0.1, 0.15) is 31.2 Å². The quantitative estimate of drug-likeness (QED) is 0.837. The van der Waals surface area contributed by atoms with Crippen LogP contribution in [0.15, 0.2) is 24.3 Å². The molecule has 1 aliphatic carbocycles. The zero-order valence-corrected chi connectivity index (χ0v) is 13.9. The summed E-state index contributed by atoms with van der Waals surface area (Å²) < 4.78 is 0. The Hall–Kier alpha value is -1.06. The number of piperidine rings is 1. The van der Waals surface area contributed by atoms with Crippen molar-refractivity contribution in [3.8, 4) is 0 Å². The molecule has 1 saturated carbocycles. The average molecular weight is 319 g/mol. The van der Waals surface area contributed by atoms with E-state index in [4.69, 9.17) is 11.6 Å². The maximum atomic E-state index is 13.2. The molecule has 3 nitrogen and oxygen atoms in total. The third-order valence-corrected chi connectivity index (χ3v) is 6.08. The third kappa shape index (κ3) is 2.35. The molecule has 1 aromatic rings. The second-order valence-corrected chi connectivity index (χ2v) is 7.77. The lowest BCUT2D eigenvalue weighted by molar-refractivity contribution is -0.134. The van der Waals surface area contributed by atoms with Gasteiger partial charge in [0.2, 0.25) is 5.91 Å². The van der Waals surface area contributed by atoms with E-state index in [9.17, 15) is 4.79 Å². The number of nitrogens with zero attached hydrogens (tertiary/aromatic N) is 2. The molecule has 22 heavy (non-hydrogen) atoms. The Morgan fingerprint density at radius 2 is 1.86 bits per heavy atom. The first-order chi connectivity index (χ1) is 10.6. The molecular weight excluding hydrogens is 296 g/mol. The normalized spacial score (nSPS) is 30.2. The fourth-order valence-corrected chi connectivity index (χ4v) is 4.43. The van der Waals surface area contributed by atoms with E-state index in [2.05, 4.69) is 16.8 Å². The van der Waals surface area contributed by atoms with E-state index in [1.165, 1.54) is 12.8 Å². The molecule has 1 amide bonds. The number of amides is 1. The molecule has 0 spiro atoms. The summed E-state index contributed by atoms with van der Waals surface area (Å²) in [5, 5.41) is 0.737. The number of rotatable bonds is 2. The monoisotopic (exact) mass is 318 g/mol. The molecule has 4 heteroatoms. The summed E-state index contributed by atoms with van der Waals surface area (Å²) in [5.74, 6) is 0.996. The van der Waals surface area contributed by atoms with Crippen LogP contribution in [0, 0.1) is 5.92 Å². The molecule has 118 valence electrons. The second-order valence-electron chi connectivity index (χ2n) is 7.34. The average Bonchev–Trinajstić information content (AvgIpc) is 3.32. The smallest absolute Gasteiger partial charge is 0.233 e. The number of carbonyl (C=O) groups is 1. The van der Waals surface area contributed by atoms with E-state index < -0.39 is 0 Å². The second kappa shape index (κ2) is 5.24. The first-order valence-corrected chi connectivity index (χ1v) is 8.72. The van der Waals surface area contributed by atoms with Gasteiger partial charge in [-0.25, -0.2) is 0 Å². The number of carbonyl (C=O) groups excluding carboxylic acids is 1. The van der Waals surface area contributed by atoms with Crippen LogP contribution in [0.25, 0.3) is 0 Å². The van der Waals surface area contributed by atoms with Gasteiger partial charge < -0.3 is 9.80 Å². The van der Waals surface area contributed by atoms with Gasteiger partial charge in [0.05, 0.1) is 5.41 Å². The van der Waals surface area contributed by atoms with Crippen molar-refractivity contribution in [3.63, 3.8) is 0 Å². The van der Waals surface area contributed by atoms with Crippen molar-refractivity contribution < 1.29 is 4.79 Å². The van der Waals surface area contributed by atoms with Gasteiger partial charge in [-0.05, 0) is 56.3 Å². The summed E-state index contributed by atoms with van der Waals surface area (Å²) in [6.45, 7) is 2.98. The molecule has 0 radical (unpaired) electrons. The Balaban J connectivity index is 1.58. The Kier molecular flexibility index (Phi) is 3.46. The van der Waals surface area contributed by atoms with Crippen LogP contribution in [0.3, 0.4) is 0 Å².